The van der Waals surface area contributed by atoms with Crippen LogP contribution in [-0.4, -0.2) is 65.4 Å². The zero-order valence-corrected chi connectivity index (χ0v) is 17.6. The smallest absolute Gasteiger partial charge is 0.235 e. The number of amides is 2. The molecule has 1 aromatic carbocycles. The highest BCUT2D eigenvalue weighted by atomic mass is 35.5. The van der Waals surface area contributed by atoms with E-state index in [0.717, 1.165) is 30.9 Å². The van der Waals surface area contributed by atoms with Crippen LogP contribution in [0.25, 0.3) is 0 Å². The minimum absolute atomic E-state index is 0.0958. The van der Waals surface area contributed by atoms with E-state index in [4.69, 9.17) is 11.6 Å². The molecule has 0 N–H and O–H groups in total. The van der Waals surface area contributed by atoms with Crippen LogP contribution in [0.5, 0.6) is 0 Å². The van der Waals surface area contributed by atoms with E-state index < -0.39 is 5.41 Å². The topological polar surface area (TPSA) is 56.8 Å². The zero-order chi connectivity index (χ0) is 20.7. The van der Waals surface area contributed by atoms with Gasteiger partial charge in [-0.3, -0.25) is 9.59 Å². The summed E-state index contributed by atoms with van der Waals surface area (Å²) in [6.07, 6.45) is 3.86. The van der Waals surface area contributed by atoms with Gasteiger partial charge in [0, 0.05) is 56.4 Å². The summed E-state index contributed by atoms with van der Waals surface area (Å²) in [5, 5.41) is 0.603. The van der Waals surface area contributed by atoms with E-state index in [-0.39, 0.29) is 17.9 Å². The van der Waals surface area contributed by atoms with Crippen molar-refractivity contribution in [1.29, 1.82) is 0 Å². The van der Waals surface area contributed by atoms with E-state index in [9.17, 15) is 9.59 Å². The van der Waals surface area contributed by atoms with Crippen molar-refractivity contribution in [1.82, 2.24) is 14.8 Å². The van der Waals surface area contributed by atoms with Gasteiger partial charge in [0.15, 0.2) is 0 Å². The summed E-state index contributed by atoms with van der Waals surface area (Å²) < 4.78 is 0. The maximum Gasteiger partial charge on any atom is 0.235 e. The fourth-order valence-electron chi connectivity index (χ4n) is 5.28. The molecule has 5 rings (SSSR count). The number of anilines is 1. The molecule has 3 saturated heterocycles. The summed E-state index contributed by atoms with van der Waals surface area (Å²) in [7, 11) is 0. The van der Waals surface area contributed by atoms with Gasteiger partial charge in [0.25, 0.3) is 0 Å². The molecule has 6 nitrogen and oxygen atoms in total. The number of aromatic nitrogens is 1. The van der Waals surface area contributed by atoms with E-state index in [2.05, 4.69) is 9.88 Å². The van der Waals surface area contributed by atoms with Gasteiger partial charge in [-0.1, -0.05) is 35.9 Å². The number of hydrogen-bond acceptors (Lipinski definition) is 4. The number of piperazine rings is 1. The molecule has 2 aromatic rings. The van der Waals surface area contributed by atoms with Crippen molar-refractivity contribution in [3.05, 3.63) is 59.2 Å². The number of pyridine rings is 1. The van der Waals surface area contributed by atoms with E-state index in [1.54, 1.807) is 6.20 Å². The highest BCUT2D eigenvalue weighted by Gasteiger charge is 2.55. The van der Waals surface area contributed by atoms with Crippen LogP contribution in [0.15, 0.2) is 48.7 Å². The van der Waals surface area contributed by atoms with Gasteiger partial charge in [0.1, 0.15) is 5.82 Å². The lowest BCUT2D eigenvalue weighted by atomic mass is 9.76. The van der Waals surface area contributed by atoms with Crippen molar-refractivity contribution in [2.75, 3.05) is 37.6 Å². The highest BCUT2D eigenvalue weighted by Crippen LogP contribution is 2.46. The average Bonchev–Trinajstić information content (AvgIpc) is 3.34. The van der Waals surface area contributed by atoms with Crippen LogP contribution in [0.3, 0.4) is 0 Å². The fourth-order valence-corrected chi connectivity index (χ4v) is 5.59. The molecule has 0 spiro atoms. The summed E-state index contributed by atoms with van der Waals surface area (Å²) in [5.41, 5.74) is 0.0951. The summed E-state index contributed by atoms with van der Waals surface area (Å²) in [6.45, 7) is 3.20. The molecule has 3 aliphatic heterocycles. The molecule has 0 unspecified atom stereocenters. The molecule has 0 radical (unpaired) electrons. The lowest BCUT2D eigenvalue weighted by Crippen LogP contribution is -2.55. The van der Waals surface area contributed by atoms with E-state index in [1.807, 2.05) is 52.3 Å². The second-order valence-electron chi connectivity index (χ2n) is 8.45. The number of halogens is 1. The molecule has 2 amide bonds. The lowest BCUT2D eigenvalue weighted by molar-refractivity contribution is -0.138. The van der Waals surface area contributed by atoms with Crippen LogP contribution in [0.2, 0.25) is 5.02 Å². The zero-order valence-electron chi connectivity index (χ0n) is 16.8. The number of carbonyl (C=O) groups is 2. The van der Waals surface area contributed by atoms with Crippen molar-refractivity contribution in [3.8, 4) is 0 Å². The van der Waals surface area contributed by atoms with Gasteiger partial charge >= 0.3 is 0 Å². The summed E-state index contributed by atoms with van der Waals surface area (Å²) >= 11 is 6.58. The molecule has 156 valence electrons. The van der Waals surface area contributed by atoms with E-state index in [0.29, 0.717) is 37.5 Å². The van der Waals surface area contributed by atoms with Gasteiger partial charge in [-0.15, -0.1) is 0 Å². The maximum absolute atomic E-state index is 14.0. The molecular weight excluding hydrogens is 400 g/mol. The van der Waals surface area contributed by atoms with Crippen LogP contribution in [0.1, 0.15) is 24.8 Å². The molecule has 0 aliphatic carbocycles. The first kappa shape index (κ1) is 19.4. The Morgan fingerprint density at radius 3 is 2.53 bits per heavy atom. The number of nitrogens with zero attached hydrogens (tertiary/aromatic N) is 4. The van der Waals surface area contributed by atoms with Crippen LogP contribution in [-0.2, 0) is 15.0 Å². The highest BCUT2D eigenvalue weighted by molar-refractivity contribution is 6.31. The molecular formula is C23H25ClN4O2. The SMILES string of the molecule is O=C1CC[C@H]2C[C@@](C(=O)N3CCN(c4ccccn4)CC3)(c3ccccc3Cl)CN12. The molecule has 3 fully saturated rings. The monoisotopic (exact) mass is 424 g/mol. The average molecular weight is 425 g/mol. The Morgan fingerprint density at radius 2 is 1.83 bits per heavy atom. The molecule has 30 heavy (non-hydrogen) atoms. The normalized spacial score (nSPS) is 26.2. The van der Waals surface area contributed by atoms with Gasteiger partial charge in [0.2, 0.25) is 11.8 Å². The molecule has 0 bridgehead atoms. The predicted molar refractivity (Wildman–Crippen MR) is 116 cm³/mol. The summed E-state index contributed by atoms with van der Waals surface area (Å²) in [6, 6.07) is 13.6. The Hall–Kier alpha value is -2.60. The van der Waals surface area contributed by atoms with Gasteiger partial charge < -0.3 is 14.7 Å². The number of rotatable bonds is 3. The van der Waals surface area contributed by atoms with Crippen molar-refractivity contribution >= 4 is 29.2 Å². The van der Waals surface area contributed by atoms with Crippen LogP contribution in [0, 0.1) is 0 Å². The van der Waals surface area contributed by atoms with Gasteiger partial charge in [-0.05, 0) is 36.6 Å². The molecule has 3 aliphatic rings. The minimum Gasteiger partial charge on any atom is -0.353 e. The van der Waals surface area contributed by atoms with Crippen molar-refractivity contribution in [2.45, 2.75) is 30.7 Å². The minimum atomic E-state index is -0.758. The van der Waals surface area contributed by atoms with Crippen molar-refractivity contribution in [3.63, 3.8) is 0 Å². The van der Waals surface area contributed by atoms with Gasteiger partial charge in [-0.25, -0.2) is 4.98 Å². The number of fused-ring (bicyclic) bond motifs is 1. The molecule has 0 saturated carbocycles. The van der Waals surface area contributed by atoms with Gasteiger partial charge in [-0.2, -0.15) is 0 Å². The largest absolute Gasteiger partial charge is 0.353 e. The Labute approximate surface area is 181 Å². The standard InChI is InChI=1S/C23H25ClN4O2/c24-19-6-2-1-5-18(19)23(15-17-8-9-21(29)28(17)16-23)22(30)27-13-11-26(12-14-27)20-7-3-4-10-25-20/h1-7,10,17H,8-9,11-16H2/t17-,23-/m0/s1. The Morgan fingerprint density at radius 1 is 1.07 bits per heavy atom. The third-order valence-electron chi connectivity index (χ3n) is 6.82. The van der Waals surface area contributed by atoms with E-state index >= 15 is 0 Å². The Balaban J connectivity index is 1.41. The van der Waals surface area contributed by atoms with Crippen molar-refractivity contribution in [2.24, 2.45) is 0 Å². The molecule has 7 heteroatoms. The predicted octanol–water partition coefficient (Wildman–Crippen LogP) is 2.72. The van der Waals surface area contributed by atoms with Crippen LogP contribution >= 0.6 is 11.6 Å². The number of hydrogen-bond donors (Lipinski definition) is 0. The van der Waals surface area contributed by atoms with Crippen molar-refractivity contribution < 1.29 is 9.59 Å². The van der Waals surface area contributed by atoms with Gasteiger partial charge in [0.05, 0.1) is 5.41 Å². The lowest BCUT2D eigenvalue weighted by Gasteiger charge is -2.40. The molecule has 2 atom stereocenters. The first-order valence-electron chi connectivity index (χ1n) is 10.6. The second-order valence-corrected chi connectivity index (χ2v) is 8.85. The summed E-state index contributed by atoms with van der Waals surface area (Å²) in [5.74, 6) is 1.19. The maximum atomic E-state index is 14.0. The Bertz CT molecular complexity index is 961. The first-order valence-corrected chi connectivity index (χ1v) is 11.0. The summed E-state index contributed by atoms with van der Waals surface area (Å²) in [4.78, 5) is 36.9. The van der Waals surface area contributed by atoms with E-state index in [1.165, 1.54) is 0 Å². The Kier molecular flexibility index (Phi) is 4.89. The number of carbonyl (C=O) groups excluding carboxylic acids is 2. The third-order valence-corrected chi connectivity index (χ3v) is 7.15. The quantitative estimate of drug-likeness (QED) is 0.760. The fraction of sp³-hybridized carbons (Fsp3) is 0.435. The third kappa shape index (κ3) is 3.14. The van der Waals surface area contributed by atoms with Crippen LogP contribution < -0.4 is 4.90 Å². The first-order chi connectivity index (χ1) is 14.6. The molecule has 1 aromatic heterocycles. The second kappa shape index (κ2) is 7.58. The van der Waals surface area contributed by atoms with Crippen LogP contribution in [0.4, 0.5) is 5.82 Å². The number of benzene rings is 1. The molecule has 4 heterocycles.